The maximum absolute atomic E-state index is 12.2. The Morgan fingerprint density at radius 1 is 1.47 bits per heavy atom. The molecule has 17 heavy (non-hydrogen) atoms. The van der Waals surface area contributed by atoms with Crippen LogP contribution in [0.5, 0.6) is 0 Å². The molecule has 1 amide bonds. The molecule has 1 rings (SSSR count). The molecule has 1 saturated heterocycles. The van der Waals surface area contributed by atoms with Gasteiger partial charge < -0.3 is 4.90 Å². The van der Waals surface area contributed by atoms with Crippen LogP contribution in [0, 0.1) is 0 Å². The Morgan fingerprint density at radius 2 is 2.18 bits per heavy atom. The van der Waals surface area contributed by atoms with E-state index >= 15 is 0 Å². The molecule has 3 atom stereocenters. The van der Waals surface area contributed by atoms with Crippen molar-refractivity contribution in [2.75, 3.05) is 12.8 Å². The molecular weight excluding hydrogens is 232 g/mol. The van der Waals surface area contributed by atoms with E-state index in [2.05, 4.69) is 32.3 Å². The molecule has 3 nitrogen and oxygen atoms in total. The monoisotopic (exact) mass is 258 g/mol. The second kappa shape index (κ2) is 7.27. The van der Waals surface area contributed by atoms with Crippen molar-refractivity contribution in [3.63, 3.8) is 0 Å². The Kier molecular flexibility index (Phi) is 6.34. The average Bonchev–Trinajstić information content (AvgIpc) is 2.64. The highest BCUT2D eigenvalue weighted by molar-refractivity contribution is 7.99. The lowest BCUT2D eigenvalue weighted by molar-refractivity contribution is -0.130. The highest BCUT2D eigenvalue weighted by atomic mass is 32.2. The van der Waals surface area contributed by atoms with E-state index < -0.39 is 0 Å². The predicted octanol–water partition coefficient (Wildman–Crippen LogP) is 2.46. The van der Waals surface area contributed by atoms with Crippen molar-refractivity contribution in [3.8, 4) is 0 Å². The molecule has 1 N–H and O–H groups in total. The van der Waals surface area contributed by atoms with Crippen molar-refractivity contribution in [3.05, 3.63) is 0 Å². The number of carbonyl (C=O) groups excluding carboxylic acids is 1. The van der Waals surface area contributed by atoms with Gasteiger partial charge in [-0.2, -0.15) is 11.8 Å². The minimum Gasteiger partial charge on any atom is -0.326 e. The van der Waals surface area contributed by atoms with Gasteiger partial charge in [-0.25, -0.2) is 0 Å². The third kappa shape index (κ3) is 3.88. The molecule has 0 radical (unpaired) electrons. The fourth-order valence-electron chi connectivity index (χ4n) is 2.29. The largest absolute Gasteiger partial charge is 0.326 e. The summed E-state index contributed by atoms with van der Waals surface area (Å²) in [5.41, 5.74) is 0. The summed E-state index contributed by atoms with van der Waals surface area (Å²) in [6.45, 7) is 7.40. The number of hydrogen-bond acceptors (Lipinski definition) is 3. The standard InChI is InChI=1S/C13H26N2OS/c1-5-7-11-13(16)15(12(6-2)14-11)9-8-10(3)17-4/h10-12,14H,5-9H2,1-4H3. The van der Waals surface area contributed by atoms with Crippen LogP contribution in [0.15, 0.2) is 0 Å². The zero-order chi connectivity index (χ0) is 12.8. The van der Waals surface area contributed by atoms with Crippen LogP contribution in [-0.4, -0.2) is 41.1 Å². The fraction of sp³-hybridized carbons (Fsp3) is 0.923. The quantitative estimate of drug-likeness (QED) is 0.761. The van der Waals surface area contributed by atoms with Gasteiger partial charge in [0.25, 0.3) is 0 Å². The maximum atomic E-state index is 12.2. The molecular formula is C13H26N2OS. The van der Waals surface area contributed by atoms with Gasteiger partial charge in [0, 0.05) is 11.8 Å². The van der Waals surface area contributed by atoms with E-state index in [1.165, 1.54) is 0 Å². The van der Waals surface area contributed by atoms with Gasteiger partial charge in [-0.15, -0.1) is 0 Å². The van der Waals surface area contributed by atoms with Gasteiger partial charge in [-0.05, 0) is 25.5 Å². The lowest BCUT2D eigenvalue weighted by Crippen LogP contribution is -2.38. The van der Waals surface area contributed by atoms with Crippen molar-refractivity contribution in [2.24, 2.45) is 0 Å². The third-order valence-electron chi connectivity index (χ3n) is 3.49. The van der Waals surface area contributed by atoms with Gasteiger partial charge in [0.05, 0.1) is 12.2 Å². The molecule has 0 spiro atoms. The zero-order valence-electron chi connectivity index (χ0n) is 11.5. The summed E-state index contributed by atoms with van der Waals surface area (Å²) in [6.07, 6.45) is 6.50. The Morgan fingerprint density at radius 3 is 2.71 bits per heavy atom. The molecule has 0 bridgehead atoms. The number of hydrogen-bond donors (Lipinski definition) is 1. The van der Waals surface area contributed by atoms with Crippen LogP contribution in [0.4, 0.5) is 0 Å². The van der Waals surface area contributed by atoms with Crippen molar-refractivity contribution in [2.45, 2.75) is 63.9 Å². The molecule has 1 aliphatic heterocycles. The zero-order valence-corrected chi connectivity index (χ0v) is 12.3. The first kappa shape index (κ1) is 14.8. The van der Waals surface area contributed by atoms with E-state index in [9.17, 15) is 4.79 Å². The summed E-state index contributed by atoms with van der Waals surface area (Å²) in [7, 11) is 0. The van der Waals surface area contributed by atoms with E-state index in [4.69, 9.17) is 0 Å². The number of thioether (sulfide) groups is 1. The minimum absolute atomic E-state index is 0.0644. The minimum atomic E-state index is 0.0644. The number of amides is 1. The van der Waals surface area contributed by atoms with E-state index in [0.29, 0.717) is 11.2 Å². The van der Waals surface area contributed by atoms with Crippen molar-refractivity contribution >= 4 is 17.7 Å². The van der Waals surface area contributed by atoms with Crippen LogP contribution in [-0.2, 0) is 4.79 Å². The molecule has 1 aliphatic rings. The van der Waals surface area contributed by atoms with Crippen molar-refractivity contribution in [1.82, 2.24) is 10.2 Å². The highest BCUT2D eigenvalue weighted by Crippen LogP contribution is 2.19. The number of carbonyl (C=O) groups is 1. The highest BCUT2D eigenvalue weighted by Gasteiger charge is 2.36. The summed E-state index contributed by atoms with van der Waals surface area (Å²) in [4.78, 5) is 14.3. The Hall–Kier alpha value is -0.220. The van der Waals surface area contributed by atoms with E-state index in [1.807, 2.05) is 16.7 Å². The Labute approximate surface area is 110 Å². The Bertz CT molecular complexity index is 248. The topological polar surface area (TPSA) is 32.3 Å². The summed E-state index contributed by atoms with van der Waals surface area (Å²) in [6, 6.07) is 0.0644. The molecule has 0 aromatic rings. The van der Waals surface area contributed by atoms with Crippen molar-refractivity contribution in [1.29, 1.82) is 0 Å². The third-order valence-corrected chi connectivity index (χ3v) is 4.53. The predicted molar refractivity (Wildman–Crippen MR) is 75.2 cm³/mol. The van der Waals surface area contributed by atoms with E-state index in [1.54, 1.807) is 0 Å². The first-order valence-corrected chi connectivity index (χ1v) is 8.02. The molecule has 0 aromatic heterocycles. The van der Waals surface area contributed by atoms with E-state index in [0.717, 1.165) is 32.2 Å². The maximum Gasteiger partial charge on any atom is 0.241 e. The SMILES string of the molecule is CCCC1NC(CC)N(CCC(C)SC)C1=O. The second-order valence-electron chi connectivity index (χ2n) is 4.80. The molecule has 1 heterocycles. The lowest BCUT2D eigenvalue weighted by Gasteiger charge is -2.24. The van der Waals surface area contributed by atoms with Gasteiger partial charge in [0.1, 0.15) is 0 Å². The summed E-state index contributed by atoms with van der Waals surface area (Å²) in [5, 5.41) is 4.08. The lowest BCUT2D eigenvalue weighted by atomic mass is 10.1. The van der Waals surface area contributed by atoms with Crippen LogP contribution < -0.4 is 5.32 Å². The first-order chi connectivity index (χ1) is 8.13. The average molecular weight is 258 g/mol. The molecule has 0 saturated carbocycles. The molecule has 1 fully saturated rings. The fourth-order valence-corrected chi connectivity index (χ4v) is 2.63. The molecule has 100 valence electrons. The molecule has 3 unspecified atom stereocenters. The molecule has 4 heteroatoms. The number of nitrogens with one attached hydrogen (secondary N) is 1. The van der Waals surface area contributed by atoms with Crippen LogP contribution in [0.25, 0.3) is 0 Å². The Balaban J connectivity index is 2.53. The number of nitrogens with zero attached hydrogens (tertiary/aromatic N) is 1. The van der Waals surface area contributed by atoms with Crippen LogP contribution in [0.3, 0.4) is 0 Å². The van der Waals surface area contributed by atoms with Gasteiger partial charge in [-0.3, -0.25) is 10.1 Å². The van der Waals surface area contributed by atoms with Gasteiger partial charge in [-0.1, -0.05) is 27.2 Å². The van der Waals surface area contributed by atoms with Gasteiger partial charge in [0.2, 0.25) is 5.91 Å². The van der Waals surface area contributed by atoms with Gasteiger partial charge >= 0.3 is 0 Å². The summed E-state index contributed by atoms with van der Waals surface area (Å²) in [5.74, 6) is 0.312. The van der Waals surface area contributed by atoms with Gasteiger partial charge in [0.15, 0.2) is 0 Å². The smallest absolute Gasteiger partial charge is 0.241 e. The van der Waals surface area contributed by atoms with Crippen molar-refractivity contribution < 1.29 is 4.79 Å². The summed E-state index contributed by atoms with van der Waals surface area (Å²) < 4.78 is 0. The number of rotatable bonds is 7. The normalized spacial score (nSPS) is 26.6. The van der Waals surface area contributed by atoms with Crippen LogP contribution in [0.2, 0.25) is 0 Å². The molecule has 0 aliphatic carbocycles. The first-order valence-electron chi connectivity index (χ1n) is 6.73. The summed E-state index contributed by atoms with van der Waals surface area (Å²) >= 11 is 1.87. The van der Waals surface area contributed by atoms with Crippen LogP contribution >= 0.6 is 11.8 Å². The van der Waals surface area contributed by atoms with E-state index in [-0.39, 0.29) is 12.2 Å². The second-order valence-corrected chi connectivity index (χ2v) is 6.07. The van der Waals surface area contributed by atoms with Crippen LogP contribution in [0.1, 0.15) is 46.5 Å². The molecule has 0 aromatic carbocycles.